The van der Waals surface area contributed by atoms with Crippen LogP contribution in [0.4, 0.5) is 14.6 Å². The molecule has 4 saturated carbocycles. The number of hydrogen-bond donors (Lipinski definition) is 4. The number of aromatic nitrogens is 2. The van der Waals surface area contributed by atoms with Crippen molar-refractivity contribution in [1.82, 2.24) is 9.55 Å². The minimum absolute atomic E-state index is 0.0305. The molecule has 2 heterocycles. The summed E-state index contributed by atoms with van der Waals surface area (Å²) >= 11 is 0. The Hall–Kier alpha value is -2.76. The number of carbonyl (C=O) groups excluding carboxylic acids is 2. The Balaban J connectivity index is 0.902. The zero-order valence-electron chi connectivity index (χ0n) is 33.5. The highest BCUT2D eigenvalue weighted by molar-refractivity contribution is 8.76. The van der Waals surface area contributed by atoms with Crippen molar-refractivity contribution >= 4 is 39.3 Å². The number of hydrogen-bond acceptors (Lipinski definition) is 13. The summed E-state index contributed by atoms with van der Waals surface area (Å²) in [7, 11) is 2.73. The van der Waals surface area contributed by atoms with E-state index in [0.717, 1.165) is 43.5 Å². The molecule has 0 spiro atoms. The van der Waals surface area contributed by atoms with E-state index in [1.807, 2.05) is 6.08 Å². The number of allylic oxidation sites excluding steroid dienone is 4. The van der Waals surface area contributed by atoms with Gasteiger partial charge in [0.15, 0.2) is 6.10 Å². The largest absolute Gasteiger partial charge is 0.463 e. The third-order valence-electron chi connectivity index (χ3n) is 13.1. The van der Waals surface area contributed by atoms with E-state index in [1.54, 1.807) is 0 Å². The van der Waals surface area contributed by atoms with Crippen LogP contribution in [0.3, 0.4) is 0 Å². The molecule has 7 unspecified atom stereocenters. The van der Waals surface area contributed by atoms with Gasteiger partial charge >= 0.3 is 23.6 Å². The highest BCUT2D eigenvalue weighted by atomic mass is 33.1. The Labute approximate surface area is 346 Å². The second kappa shape index (κ2) is 19.3. The lowest BCUT2D eigenvalue weighted by Crippen LogP contribution is -2.42. The molecule has 0 bridgehead atoms. The molecule has 1 aliphatic heterocycles. The van der Waals surface area contributed by atoms with Gasteiger partial charge in [-0.2, -0.15) is 13.8 Å². The van der Waals surface area contributed by atoms with Gasteiger partial charge in [-0.3, -0.25) is 14.2 Å². The van der Waals surface area contributed by atoms with Crippen molar-refractivity contribution in [1.29, 1.82) is 0 Å². The number of nitrogens with zero attached hydrogens (tertiary/aromatic N) is 2. The van der Waals surface area contributed by atoms with Gasteiger partial charge in [0.1, 0.15) is 24.6 Å². The minimum atomic E-state index is -3.85. The quantitative estimate of drug-likeness (QED) is 0.0643. The maximum Gasteiger partial charge on any atom is 0.351 e. The Morgan fingerprint density at radius 2 is 1.81 bits per heavy atom. The third kappa shape index (κ3) is 10.6. The van der Waals surface area contributed by atoms with E-state index in [-0.39, 0.29) is 42.1 Å². The Morgan fingerprint density at radius 3 is 2.52 bits per heavy atom. The number of aliphatic hydroxyl groups is 3. The van der Waals surface area contributed by atoms with Crippen molar-refractivity contribution < 1.29 is 47.9 Å². The fraction of sp³-hybridized carbons (Fsp3) is 0.714. The van der Waals surface area contributed by atoms with Crippen molar-refractivity contribution in [2.24, 2.45) is 35.0 Å². The van der Waals surface area contributed by atoms with Crippen molar-refractivity contribution in [2.75, 3.05) is 23.8 Å². The van der Waals surface area contributed by atoms with Gasteiger partial charge in [-0.25, -0.2) is 4.79 Å². The molecule has 0 aromatic carbocycles. The minimum Gasteiger partial charge on any atom is -0.463 e. The summed E-state index contributed by atoms with van der Waals surface area (Å²) in [5.74, 6) is -2.36. The molecule has 12 nitrogen and oxygen atoms in total. The highest BCUT2D eigenvalue weighted by Crippen LogP contribution is 2.59. The predicted octanol–water partition coefficient (Wildman–Crippen LogP) is 6.16. The molecule has 5 aliphatic rings. The van der Waals surface area contributed by atoms with Gasteiger partial charge in [-0.15, -0.1) is 0 Å². The van der Waals surface area contributed by atoms with Gasteiger partial charge in [-0.05, 0) is 86.5 Å². The van der Waals surface area contributed by atoms with Crippen molar-refractivity contribution in [2.45, 2.75) is 134 Å². The lowest BCUT2D eigenvalue weighted by Gasteiger charge is -2.44. The molecule has 1 saturated heterocycles. The number of esters is 2. The number of aliphatic hydroxyl groups excluding tert-OH is 3. The molecule has 6 rings (SSSR count). The average Bonchev–Trinajstić information content (AvgIpc) is 3.93. The normalized spacial score (nSPS) is 34.6. The van der Waals surface area contributed by atoms with Crippen LogP contribution in [0.5, 0.6) is 0 Å². The maximum absolute atomic E-state index is 14.7. The number of fused-ring (bicyclic) bond motifs is 1. The third-order valence-corrected chi connectivity index (χ3v) is 15.5. The number of nitrogen functional groups attached to an aromatic ring is 1. The maximum atomic E-state index is 14.7. The number of nitrogens with two attached hydrogens (primary N) is 1. The number of halogens is 2. The molecule has 11 atom stereocenters. The molecule has 5 fully saturated rings. The van der Waals surface area contributed by atoms with Crippen LogP contribution in [0.1, 0.15) is 97.6 Å². The van der Waals surface area contributed by atoms with Crippen molar-refractivity contribution in [3.05, 3.63) is 58.2 Å². The van der Waals surface area contributed by atoms with Gasteiger partial charge in [0.25, 0.3) is 0 Å². The highest BCUT2D eigenvalue weighted by Gasteiger charge is 2.60. The summed E-state index contributed by atoms with van der Waals surface area (Å²) < 4.78 is 46.1. The van der Waals surface area contributed by atoms with E-state index in [9.17, 15) is 38.5 Å². The first-order valence-electron chi connectivity index (χ1n) is 20.7. The summed E-state index contributed by atoms with van der Waals surface area (Å²) in [6.07, 6.45) is 11.4. The topological polar surface area (TPSA) is 183 Å². The molecule has 322 valence electrons. The van der Waals surface area contributed by atoms with Gasteiger partial charge in [0.05, 0.1) is 25.0 Å². The number of rotatable bonds is 16. The van der Waals surface area contributed by atoms with E-state index in [2.05, 4.69) is 44.0 Å². The van der Waals surface area contributed by atoms with E-state index in [1.165, 1.54) is 46.4 Å². The Morgan fingerprint density at radius 1 is 1.10 bits per heavy atom. The molecular weight excluding hydrogens is 793 g/mol. The zero-order valence-corrected chi connectivity index (χ0v) is 35.2. The van der Waals surface area contributed by atoms with E-state index >= 15 is 0 Å². The van der Waals surface area contributed by atoms with Gasteiger partial charge < -0.3 is 35.3 Å². The predicted molar refractivity (Wildman–Crippen MR) is 219 cm³/mol. The van der Waals surface area contributed by atoms with Crippen LogP contribution in [0.2, 0.25) is 0 Å². The molecule has 0 amide bonds. The summed E-state index contributed by atoms with van der Waals surface area (Å²) in [6.45, 7) is 6.19. The summed E-state index contributed by atoms with van der Waals surface area (Å²) in [4.78, 5) is 40.6. The van der Waals surface area contributed by atoms with Gasteiger partial charge in [0, 0.05) is 30.0 Å². The van der Waals surface area contributed by atoms with Crippen LogP contribution in [-0.4, -0.2) is 91.4 Å². The summed E-state index contributed by atoms with van der Waals surface area (Å²) in [5.41, 5.74) is 7.13. The number of anilines is 1. The molecule has 1 aromatic rings. The van der Waals surface area contributed by atoms with Crippen molar-refractivity contribution in [3.63, 3.8) is 0 Å². The molecule has 16 heteroatoms. The Kier molecular flexibility index (Phi) is 14.9. The van der Waals surface area contributed by atoms with Crippen LogP contribution >= 0.6 is 21.6 Å². The van der Waals surface area contributed by atoms with Crippen LogP contribution in [0, 0.1) is 35.0 Å². The molecule has 4 aliphatic carbocycles. The molecule has 5 N–H and O–H groups in total. The second-order valence-corrected chi connectivity index (χ2v) is 19.8. The summed E-state index contributed by atoms with van der Waals surface area (Å²) in [5, 5.41) is 31.3. The van der Waals surface area contributed by atoms with Gasteiger partial charge in [-0.1, -0.05) is 77.8 Å². The van der Waals surface area contributed by atoms with Crippen LogP contribution < -0.4 is 11.4 Å². The zero-order chi connectivity index (χ0) is 41.8. The first-order valence-corrected chi connectivity index (χ1v) is 23.2. The lowest BCUT2D eigenvalue weighted by molar-refractivity contribution is -0.153. The SMILES string of the molecule is CC1/C(=C\C=C2/CCC[C@@]3(C)C2CCC3[C@@H](C)/C=C/C(O)C2CC2)C[C@@H](O)C[C@@H]1OC(=O)CCSSCCC(=O)OCC1OC(n2ccc(N)nc2=O)C(F)(F)C1O. The van der Waals surface area contributed by atoms with Crippen LogP contribution in [-0.2, 0) is 23.8 Å². The fourth-order valence-corrected chi connectivity index (χ4v) is 11.5. The average molecular weight is 852 g/mol. The summed E-state index contributed by atoms with van der Waals surface area (Å²) in [6, 6.07) is 1.15. The second-order valence-electron chi connectivity index (χ2n) is 17.1. The van der Waals surface area contributed by atoms with Crippen molar-refractivity contribution in [3.8, 4) is 0 Å². The number of alkyl halides is 2. The molecular formula is C42H59F2N3O9S2. The fourth-order valence-electron chi connectivity index (χ4n) is 9.55. The molecule has 1 aromatic heterocycles. The van der Waals surface area contributed by atoms with Crippen LogP contribution in [0.25, 0.3) is 0 Å². The first kappa shape index (κ1) is 44.8. The first-order chi connectivity index (χ1) is 27.6. The molecule has 0 radical (unpaired) electrons. The molecule has 58 heavy (non-hydrogen) atoms. The van der Waals surface area contributed by atoms with Gasteiger partial charge in [0.2, 0.25) is 6.23 Å². The van der Waals surface area contributed by atoms with E-state index in [4.69, 9.17) is 19.9 Å². The smallest absolute Gasteiger partial charge is 0.351 e. The van der Waals surface area contributed by atoms with Crippen LogP contribution in [0.15, 0.2) is 52.5 Å². The number of ether oxygens (including phenoxy) is 3. The standard InChI is InChI=1S/C42H59F2N3O9S2/c1-24(6-13-32(49)27-8-9-27)30-11-12-31-26(5-4-17-41(30,31)3)7-10-28-21-29(48)22-33(25(28)2)55-37(51)16-20-58-57-19-15-36(50)54-23-34-38(52)42(43,44)39(56-34)47-18-14-35(45)46-40(47)53/h6-7,10,13-14,18,24-25,27,29-34,38-39,48-49,52H,4-5,8-9,11-12,15-17,19-23H2,1-3H3,(H2,45,46,53)/b13-6+,26-7+,28-10-/t24-,25?,29+,30?,31?,32?,33-,34?,38?,39?,41+/m0/s1. The van der Waals surface area contributed by atoms with E-state index in [0.29, 0.717) is 52.6 Å². The Bertz CT molecular complexity index is 1770. The van der Waals surface area contributed by atoms with E-state index < -0.39 is 54.8 Å². The lowest BCUT2D eigenvalue weighted by atomic mass is 9.61. The number of carbonyl (C=O) groups is 2. The monoisotopic (exact) mass is 851 g/mol.